The van der Waals surface area contributed by atoms with E-state index in [9.17, 15) is 9.90 Å². The van der Waals surface area contributed by atoms with Crippen molar-refractivity contribution in [2.45, 2.75) is 24.7 Å². The molecule has 1 fully saturated rings. The van der Waals surface area contributed by atoms with Gasteiger partial charge < -0.3 is 30.2 Å². The van der Waals surface area contributed by atoms with Crippen LogP contribution in [0.2, 0.25) is 10.0 Å². The molecule has 2 aromatic heterocycles. The number of nitrogens with one attached hydrogen (secondary N) is 4. The van der Waals surface area contributed by atoms with E-state index in [0.717, 1.165) is 13.0 Å². The number of hydrogen-bond donors (Lipinski definition) is 5. The van der Waals surface area contributed by atoms with E-state index >= 15 is 0 Å². The van der Waals surface area contributed by atoms with Gasteiger partial charge in [-0.2, -0.15) is 0 Å². The van der Waals surface area contributed by atoms with Crippen LogP contribution in [0.15, 0.2) is 41.8 Å². The summed E-state index contributed by atoms with van der Waals surface area (Å²) in [6.45, 7) is 5.11. The molecule has 3 heterocycles. The molecule has 0 bridgehead atoms. The highest BCUT2D eigenvalue weighted by molar-refractivity contribution is 6.41. The Balaban J connectivity index is 1.69. The van der Waals surface area contributed by atoms with Gasteiger partial charge in [-0.3, -0.25) is 10.1 Å². The number of rotatable bonds is 8. The number of H-pyrrole nitrogens is 1. The van der Waals surface area contributed by atoms with Crippen molar-refractivity contribution in [1.82, 2.24) is 20.6 Å². The Bertz CT molecular complexity index is 1270. The van der Waals surface area contributed by atoms with E-state index in [-0.39, 0.29) is 27.7 Å². The number of methoxy groups -OCH3 is 2. The summed E-state index contributed by atoms with van der Waals surface area (Å²) in [5, 5.41) is 21.3. The molecule has 35 heavy (non-hydrogen) atoms. The summed E-state index contributed by atoms with van der Waals surface area (Å²) in [6, 6.07) is 4.98. The smallest absolute Gasteiger partial charge is 0.256 e. The second-order valence-electron chi connectivity index (χ2n) is 8.15. The zero-order valence-corrected chi connectivity index (χ0v) is 20.8. The summed E-state index contributed by atoms with van der Waals surface area (Å²) in [4.78, 5) is 20.4. The van der Waals surface area contributed by atoms with Crippen LogP contribution in [0.3, 0.4) is 0 Å². The van der Waals surface area contributed by atoms with Crippen molar-refractivity contribution in [3.63, 3.8) is 0 Å². The first-order valence-electron chi connectivity index (χ1n) is 11.0. The lowest BCUT2D eigenvalue weighted by Crippen LogP contribution is -2.56. The second kappa shape index (κ2) is 10.8. The third-order valence-electron chi connectivity index (χ3n) is 5.99. The molecule has 1 aliphatic rings. The number of piperidine rings is 1. The van der Waals surface area contributed by atoms with E-state index in [4.69, 9.17) is 32.7 Å². The van der Waals surface area contributed by atoms with Crippen molar-refractivity contribution in [3.05, 3.63) is 57.4 Å². The number of benzene rings is 1. The predicted molar refractivity (Wildman–Crippen MR) is 139 cm³/mol. The molecule has 9 nitrogen and oxygen atoms in total. The molecule has 5 N–H and O–H groups in total. The van der Waals surface area contributed by atoms with Crippen molar-refractivity contribution < 1.29 is 14.6 Å². The third kappa shape index (κ3) is 5.24. The number of hydrogen-bond acceptors (Lipinski definition) is 8. The molecule has 3 aromatic rings. The van der Waals surface area contributed by atoms with E-state index < -0.39 is 6.23 Å². The van der Waals surface area contributed by atoms with Gasteiger partial charge in [-0.25, -0.2) is 4.98 Å². The normalized spacial score (nSPS) is 18.8. The number of nitrogens with zero attached hydrogens (tertiary/aromatic N) is 1. The number of halogens is 2. The highest BCUT2D eigenvalue weighted by atomic mass is 35.5. The molecule has 4 rings (SSSR count). The van der Waals surface area contributed by atoms with Gasteiger partial charge in [-0.1, -0.05) is 29.8 Å². The van der Waals surface area contributed by atoms with Crippen LogP contribution in [-0.2, 0) is 0 Å². The van der Waals surface area contributed by atoms with Gasteiger partial charge in [0.1, 0.15) is 23.5 Å². The second-order valence-corrected chi connectivity index (χ2v) is 8.91. The van der Waals surface area contributed by atoms with Gasteiger partial charge in [-0.15, -0.1) is 0 Å². The number of aliphatic hydroxyl groups excluding tert-OH is 1. The maximum absolute atomic E-state index is 13.1. The molecule has 0 amide bonds. The number of aliphatic hydroxyl groups is 1. The molecule has 0 aliphatic carbocycles. The highest BCUT2D eigenvalue weighted by Crippen LogP contribution is 2.45. The summed E-state index contributed by atoms with van der Waals surface area (Å²) in [5.41, 5.74) is 0.487. The monoisotopic (exact) mass is 519 g/mol. The fourth-order valence-electron chi connectivity index (χ4n) is 4.18. The van der Waals surface area contributed by atoms with Gasteiger partial charge in [-0.05, 0) is 31.2 Å². The maximum atomic E-state index is 13.1. The Morgan fingerprint density at radius 2 is 1.91 bits per heavy atom. The molecule has 0 saturated carbocycles. The summed E-state index contributed by atoms with van der Waals surface area (Å²) >= 11 is 13.1. The minimum absolute atomic E-state index is 0.00488. The fourth-order valence-corrected chi connectivity index (χ4v) is 4.89. The lowest BCUT2D eigenvalue weighted by molar-refractivity contribution is 0.153. The van der Waals surface area contributed by atoms with Crippen LogP contribution in [0.5, 0.6) is 11.5 Å². The minimum atomic E-state index is -0.804. The van der Waals surface area contributed by atoms with E-state index in [1.54, 1.807) is 24.4 Å². The van der Waals surface area contributed by atoms with E-state index in [0.29, 0.717) is 45.9 Å². The molecule has 1 saturated heterocycles. The van der Waals surface area contributed by atoms with Gasteiger partial charge in [0.2, 0.25) is 0 Å². The van der Waals surface area contributed by atoms with E-state index in [1.807, 2.05) is 0 Å². The summed E-state index contributed by atoms with van der Waals surface area (Å²) in [6.07, 6.45) is 3.07. The molecule has 11 heteroatoms. The molecule has 1 aliphatic heterocycles. The third-order valence-corrected chi connectivity index (χ3v) is 6.74. The molecule has 1 aromatic carbocycles. The van der Waals surface area contributed by atoms with Crippen molar-refractivity contribution >= 4 is 39.8 Å². The maximum Gasteiger partial charge on any atom is 0.256 e. The van der Waals surface area contributed by atoms with Gasteiger partial charge in [0, 0.05) is 35.8 Å². The van der Waals surface area contributed by atoms with Gasteiger partial charge in [0.25, 0.3) is 5.56 Å². The lowest BCUT2D eigenvalue weighted by atomic mass is 10.0. The van der Waals surface area contributed by atoms with Gasteiger partial charge >= 0.3 is 0 Å². The molecule has 0 radical (unpaired) electrons. The van der Waals surface area contributed by atoms with Crippen molar-refractivity contribution in [3.8, 4) is 22.8 Å². The zero-order chi connectivity index (χ0) is 25.1. The van der Waals surface area contributed by atoms with Crippen LogP contribution >= 0.6 is 23.2 Å². The summed E-state index contributed by atoms with van der Waals surface area (Å²) in [5.74, 6) is 1.28. The van der Waals surface area contributed by atoms with Crippen molar-refractivity contribution in [2.75, 3.05) is 32.6 Å². The van der Waals surface area contributed by atoms with Crippen molar-refractivity contribution in [1.29, 1.82) is 0 Å². The molecule has 1 unspecified atom stereocenters. The number of aromatic nitrogens is 2. The predicted octanol–water partition coefficient (Wildman–Crippen LogP) is 3.15. The standard InChI is InChI=1S/C24H27Cl2N5O4/c1-4-20(32)30-14-5-6-27-11-16(14)29-19-8-13-12(10-28-19)7-15(31-24(13)33)21-22(25)17(34-2)9-18(35-3)23(21)26/h4,7-10,14,16,20,27,30,32H,1,5-6,11H2,2-3H3,(H,28,29)(H,31,33)/t14-,16+,20?/m0/s1. The lowest BCUT2D eigenvalue weighted by Gasteiger charge is -2.34. The van der Waals surface area contributed by atoms with Crippen molar-refractivity contribution in [2.24, 2.45) is 0 Å². The number of ether oxygens (including phenoxy) is 2. The molecular weight excluding hydrogens is 493 g/mol. The SMILES string of the molecule is C=CC(O)N[C@H]1CCNC[C@H]1Nc1cc2c(=O)[nH]c(-c3c(Cl)c(OC)cc(OC)c3Cl)cc2cn1. The Hall–Kier alpha value is -2.82. The number of fused-ring (bicyclic) bond motifs is 1. The van der Waals surface area contributed by atoms with Crippen LogP contribution in [0.1, 0.15) is 6.42 Å². The Labute approximate surface area is 212 Å². The zero-order valence-electron chi connectivity index (χ0n) is 19.3. The minimum Gasteiger partial charge on any atom is -0.495 e. The topological polar surface area (TPSA) is 121 Å². The van der Waals surface area contributed by atoms with Crippen LogP contribution in [0.4, 0.5) is 5.82 Å². The molecule has 186 valence electrons. The highest BCUT2D eigenvalue weighted by Gasteiger charge is 2.26. The number of anilines is 1. The molecular formula is C24H27Cl2N5O4. The average Bonchev–Trinajstić information content (AvgIpc) is 2.86. The van der Waals surface area contributed by atoms with Gasteiger partial charge in [0.05, 0.1) is 41.4 Å². The van der Waals surface area contributed by atoms with Gasteiger partial charge in [0.15, 0.2) is 0 Å². The van der Waals surface area contributed by atoms with E-state index in [2.05, 4.69) is 32.5 Å². The van der Waals surface area contributed by atoms with E-state index in [1.165, 1.54) is 20.3 Å². The Morgan fingerprint density at radius 1 is 1.20 bits per heavy atom. The Morgan fingerprint density at radius 3 is 2.57 bits per heavy atom. The fraction of sp³-hybridized carbons (Fsp3) is 0.333. The van der Waals surface area contributed by atoms with Crippen LogP contribution in [0.25, 0.3) is 22.0 Å². The number of pyridine rings is 2. The first kappa shape index (κ1) is 25.3. The number of aromatic amines is 1. The molecule has 3 atom stereocenters. The van der Waals surface area contributed by atoms with Crippen LogP contribution in [-0.4, -0.2) is 60.7 Å². The quantitative estimate of drug-likeness (QED) is 0.227. The van der Waals surface area contributed by atoms with Crippen LogP contribution in [0, 0.1) is 0 Å². The first-order valence-corrected chi connectivity index (χ1v) is 11.8. The molecule has 0 spiro atoms. The summed E-state index contributed by atoms with van der Waals surface area (Å²) in [7, 11) is 2.97. The summed E-state index contributed by atoms with van der Waals surface area (Å²) < 4.78 is 10.7. The Kier molecular flexibility index (Phi) is 7.83. The van der Waals surface area contributed by atoms with Crippen LogP contribution < -0.4 is 31.0 Å². The largest absolute Gasteiger partial charge is 0.495 e. The average molecular weight is 520 g/mol. The first-order chi connectivity index (χ1) is 16.9.